The maximum Gasteiger partial charge on any atom is 0.339 e. The van der Waals surface area contributed by atoms with Gasteiger partial charge >= 0.3 is 5.97 Å². The molecular weight excluding hydrogens is 387 g/mol. The molecule has 1 atom stereocenters. The highest BCUT2D eigenvalue weighted by atomic mass is 19.1. The summed E-state index contributed by atoms with van der Waals surface area (Å²) in [6, 6.07) is 6.74. The second kappa shape index (κ2) is 8.46. The van der Waals surface area contributed by atoms with Gasteiger partial charge in [0.25, 0.3) is 0 Å². The van der Waals surface area contributed by atoms with Crippen LogP contribution >= 0.6 is 0 Å². The molecule has 29 heavy (non-hydrogen) atoms. The van der Waals surface area contributed by atoms with Gasteiger partial charge in [0.2, 0.25) is 5.91 Å². The number of hydrogen-bond acceptors (Lipinski definition) is 3. The molecular formula is C21H18F3NO4. The fraction of sp³-hybridized carbons (Fsp3) is 0.286. The monoisotopic (exact) mass is 405 g/mol. The number of carboxylic acid groups (broad SMARTS) is 1. The van der Waals surface area contributed by atoms with E-state index < -0.39 is 65.1 Å². The molecule has 0 aliphatic heterocycles. The smallest absolute Gasteiger partial charge is 0.339 e. The standard InChI is InChI=1S/C21H18F3NO4/c22-13-3-1-2-12(8-13)20(11-4-5-11)25-18(27)10-14(26)9-15-16(23)6-7-17(24)19(15)21(28)29/h1-3,6-8,11,20H,4-5,9-10H2,(H,25,27)(H,28,29). The van der Waals surface area contributed by atoms with E-state index in [9.17, 15) is 27.6 Å². The van der Waals surface area contributed by atoms with Gasteiger partial charge in [-0.1, -0.05) is 12.1 Å². The largest absolute Gasteiger partial charge is 0.478 e. The summed E-state index contributed by atoms with van der Waals surface area (Å²) in [4.78, 5) is 35.7. The van der Waals surface area contributed by atoms with Gasteiger partial charge in [0, 0.05) is 12.0 Å². The summed E-state index contributed by atoms with van der Waals surface area (Å²) in [5.41, 5.74) is -0.939. The van der Waals surface area contributed by atoms with Crippen molar-refractivity contribution in [3.8, 4) is 0 Å². The van der Waals surface area contributed by atoms with E-state index in [4.69, 9.17) is 5.11 Å². The van der Waals surface area contributed by atoms with Crippen LogP contribution in [0.25, 0.3) is 0 Å². The third-order valence-electron chi connectivity index (χ3n) is 4.77. The number of carbonyl (C=O) groups excluding carboxylic acids is 2. The topological polar surface area (TPSA) is 83.5 Å². The number of aromatic carboxylic acids is 1. The summed E-state index contributed by atoms with van der Waals surface area (Å²) in [6.45, 7) is 0. The molecule has 1 aliphatic rings. The Kier molecular flexibility index (Phi) is 6.00. The van der Waals surface area contributed by atoms with Crippen LogP contribution in [0, 0.1) is 23.4 Å². The average molecular weight is 405 g/mol. The zero-order chi connectivity index (χ0) is 21.1. The van der Waals surface area contributed by atoms with Crippen molar-refractivity contribution in [2.75, 3.05) is 0 Å². The van der Waals surface area contributed by atoms with E-state index in [1.165, 1.54) is 18.2 Å². The third-order valence-corrected chi connectivity index (χ3v) is 4.77. The molecule has 1 saturated carbocycles. The van der Waals surface area contributed by atoms with Gasteiger partial charge in [0.05, 0.1) is 12.5 Å². The molecule has 5 nitrogen and oxygen atoms in total. The predicted octanol–water partition coefficient (Wildman–Crippen LogP) is 3.57. The van der Waals surface area contributed by atoms with Crippen molar-refractivity contribution in [1.82, 2.24) is 5.32 Å². The normalized spacial score (nSPS) is 14.3. The fourth-order valence-corrected chi connectivity index (χ4v) is 3.26. The molecule has 1 amide bonds. The van der Waals surface area contributed by atoms with Crippen LogP contribution in [-0.2, 0) is 16.0 Å². The number of amides is 1. The van der Waals surface area contributed by atoms with Crippen molar-refractivity contribution in [1.29, 1.82) is 0 Å². The Labute approximate surface area is 164 Å². The Balaban J connectivity index is 1.69. The molecule has 1 aliphatic carbocycles. The second-order valence-electron chi connectivity index (χ2n) is 7.02. The van der Waals surface area contributed by atoms with Crippen LogP contribution in [0.1, 0.15) is 46.8 Å². The highest BCUT2D eigenvalue weighted by Gasteiger charge is 2.34. The number of rotatable bonds is 8. The van der Waals surface area contributed by atoms with Gasteiger partial charge in [0.1, 0.15) is 28.8 Å². The van der Waals surface area contributed by atoms with Crippen LogP contribution in [0.2, 0.25) is 0 Å². The van der Waals surface area contributed by atoms with E-state index >= 15 is 0 Å². The Morgan fingerprint density at radius 2 is 1.76 bits per heavy atom. The van der Waals surface area contributed by atoms with Crippen molar-refractivity contribution >= 4 is 17.7 Å². The van der Waals surface area contributed by atoms with E-state index in [1.54, 1.807) is 6.07 Å². The van der Waals surface area contributed by atoms with Gasteiger partial charge in [0.15, 0.2) is 0 Å². The molecule has 2 aromatic carbocycles. The molecule has 8 heteroatoms. The highest BCUT2D eigenvalue weighted by molar-refractivity contribution is 6.00. The maximum absolute atomic E-state index is 14.0. The van der Waals surface area contributed by atoms with Crippen LogP contribution in [0.3, 0.4) is 0 Å². The van der Waals surface area contributed by atoms with Crippen molar-refractivity contribution < 1.29 is 32.7 Å². The quantitative estimate of drug-likeness (QED) is 0.658. The minimum Gasteiger partial charge on any atom is -0.478 e. The molecule has 2 aromatic rings. The number of hydrogen-bond donors (Lipinski definition) is 2. The first kappa shape index (κ1) is 20.6. The number of carbonyl (C=O) groups is 3. The minimum absolute atomic E-state index is 0.134. The lowest BCUT2D eigenvalue weighted by Gasteiger charge is -2.19. The van der Waals surface area contributed by atoms with Gasteiger partial charge in [-0.3, -0.25) is 9.59 Å². The molecule has 152 valence electrons. The maximum atomic E-state index is 14.0. The first-order valence-corrected chi connectivity index (χ1v) is 9.03. The molecule has 0 saturated heterocycles. The van der Waals surface area contributed by atoms with E-state index in [0.717, 1.165) is 18.9 Å². The molecule has 3 rings (SSSR count). The Morgan fingerprint density at radius 3 is 2.38 bits per heavy atom. The lowest BCUT2D eigenvalue weighted by atomic mass is 9.99. The molecule has 0 spiro atoms. The number of carboxylic acids is 1. The first-order valence-electron chi connectivity index (χ1n) is 9.03. The van der Waals surface area contributed by atoms with Crippen LogP contribution in [-0.4, -0.2) is 22.8 Å². The van der Waals surface area contributed by atoms with Crippen LogP contribution < -0.4 is 5.32 Å². The SMILES string of the molecule is O=C(CC(=O)NC(c1cccc(F)c1)C1CC1)Cc1c(F)ccc(F)c1C(=O)O. The fourth-order valence-electron chi connectivity index (χ4n) is 3.26. The van der Waals surface area contributed by atoms with Gasteiger partial charge < -0.3 is 10.4 Å². The zero-order valence-electron chi connectivity index (χ0n) is 15.3. The first-order chi connectivity index (χ1) is 13.8. The third kappa shape index (κ3) is 5.01. The molecule has 0 bridgehead atoms. The summed E-state index contributed by atoms with van der Waals surface area (Å²) >= 11 is 0. The summed E-state index contributed by atoms with van der Waals surface area (Å²) in [7, 11) is 0. The number of nitrogens with one attached hydrogen (secondary N) is 1. The van der Waals surface area contributed by atoms with E-state index in [-0.39, 0.29) is 5.92 Å². The number of ketones is 1. The molecule has 2 N–H and O–H groups in total. The predicted molar refractivity (Wildman–Crippen MR) is 96.7 cm³/mol. The summed E-state index contributed by atoms with van der Waals surface area (Å²) in [5.74, 6) is -5.61. The van der Waals surface area contributed by atoms with Gasteiger partial charge in [-0.25, -0.2) is 18.0 Å². The summed E-state index contributed by atoms with van der Waals surface area (Å²) in [5, 5.41) is 11.8. The Bertz CT molecular complexity index is 972. The Morgan fingerprint density at radius 1 is 1.07 bits per heavy atom. The van der Waals surface area contributed by atoms with Crippen molar-refractivity contribution in [3.05, 3.63) is 70.5 Å². The molecule has 0 heterocycles. The second-order valence-corrected chi connectivity index (χ2v) is 7.02. The number of halogens is 3. The van der Waals surface area contributed by atoms with Gasteiger partial charge in [-0.15, -0.1) is 0 Å². The van der Waals surface area contributed by atoms with E-state index in [0.29, 0.717) is 11.6 Å². The Hall–Kier alpha value is -3.16. The van der Waals surface area contributed by atoms with Crippen LogP contribution in [0.15, 0.2) is 36.4 Å². The lowest BCUT2D eigenvalue weighted by molar-refractivity contribution is -0.128. The van der Waals surface area contributed by atoms with E-state index in [1.807, 2.05) is 0 Å². The average Bonchev–Trinajstić information content (AvgIpc) is 3.47. The summed E-state index contributed by atoms with van der Waals surface area (Å²) < 4.78 is 41.2. The molecule has 0 radical (unpaired) electrons. The molecule has 0 aromatic heterocycles. The summed E-state index contributed by atoms with van der Waals surface area (Å²) in [6.07, 6.45) is 0.345. The van der Waals surface area contributed by atoms with Crippen LogP contribution in [0.5, 0.6) is 0 Å². The van der Waals surface area contributed by atoms with Gasteiger partial charge in [-0.05, 0) is 48.6 Å². The van der Waals surface area contributed by atoms with Crippen LogP contribution in [0.4, 0.5) is 13.2 Å². The number of Topliss-reactive ketones (excluding diaryl/α,β-unsaturated/α-hetero) is 1. The molecule has 1 unspecified atom stereocenters. The highest BCUT2D eigenvalue weighted by Crippen LogP contribution is 2.41. The lowest BCUT2D eigenvalue weighted by Crippen LogP contribution is -2.32. The number of benzene rings is 2. The van der Waals surface area contributed by atoms with Crippen molar-refractivity contribution in [2.24, 2.45) is 5.92 Å². The zero-order valence-corrected chi connectivity index (χ0v) is 15.3. The van der Waals surface area contributed by atoms with Crippen molar-refractivity contribution in [3.63, 3.8) is 0 Å². The van der Waals surface area contributed by atoms with Gasteiger partial charge in [-0.2, -0.15) is 0 Å². The van der Waals surface area contributed by atoms with E-state index in [2.05, 4.69) is 5.32 Å². The minimum atomic E-state index is -1.70. The molecule has 1 fully saturated rings. The van der Waals surface area contributed by atoms with Crippen molar-refractivity contribution in [2.45, 2.75) is 31.7 Å².